The van der Waals surface area contributed by atoms with Gasteiger partial charge in [-0.05, 0) is 12.1 Å². The quantitative estimate of drug-likeness (QED) is 0.642. The number of anilines is 2. The Morgan fingerprint density at radius 3 is 2.95 bits per heavy atom. The fourth-order valence-electron chi connectivity index (χ4n) is 1.77. The zero-order chi connectivity index (χ0) is 13.5. The third kappa shape index (κ3) is 1.89. The fraction of sp³-hybridized carbons (Fsp3) is 0. The molecule has 3 heterocycles. The number of aromatic nitrogens is 4. The van der Waals surface area contributed by atoms with Gasteiger partial charge in [0.05, 0.1) is 11.9 Å². The highest BCUT2D eigenvalue weighted by Gasteiger charge is 2.24. The van der Waals surface area contributed by atoms with Gasteiger partial charge in [0.15, 0.2) is 5.82 Å². The molecular weight excluding hydrogens is 268 g/mol. The van der Waals surface area contributed by atoms with E-state index in [2.05, 4.69) is 19.9 Å². The zero-order valence-corrected chi connectivity index (χ0v) is 10.4. The topological polar surface area (TPSA) is 118 Å². The molecule has 3 aromatic heterocycles. The van der Waals surface area contributed by atoms with Crippen LogP contribution in [0.2, 0.25) is 0 Å². The Kier molecular flexibility index (Phi) is 2.42. The second kappa shape index (κ2) is 3.99. The monoisotopic (exact) mass is 278 g/mol. The zero-order valence-electron chi connectivity index (χ0n) is 9.61. The maximum absolute atomic E-state index is 12.3. The van der Waals surface area contributed by atoms with Gasteiger partial charge in [0.25, 0.3) is 10.0 Å². The molecule has 4 N–H and O–H groups in total. The predicted molar refractivity (Wildman–Crippen MR) is 69.0 cm³/mol. The Balaban J connectivity index is 2.15. The van der Waals surface area contributed by atoms with Crippen LogP contribution in [0.15, 0.2) is 41.8 Å². The summed E-state index contributed by atoms with van der Waals surface area (Å²) >= 11 is 0. The van der Waals surface area contributed by atoms with Gasteiger partial charge in [-0.2, -0.15) is 13.5 Å². The second-order valence-electron chi connectivity index (χ2n) is 3.82. The van der Waals surface area contributed by atoms with E-state index in [0.717, 1.165) is 0 Å². The number of rotatable bonds is 3. The first kappa shape index (κ1) is 11.5. The molecule has 0 bridgehead atoms. The van der Waals surface area contributed by atoms with E-state index in [0.29, 0.717) is 11.3 Å². The van der Waals surface area contributed by atoms with E-state index < -0.39 is 10.0 Å². The van der Waals surface area contributed by atoms with Crippen LogP contribution in [0.4, 0.5) is 11.5 Å². The van der Waals surface area contributed by atoms with Crippen molar-refractivity contribution in [2.45, 2.75) is 5.03 Å². The summed E-state index contributed by atoms with van der Waals surface area (Å²) in [4.78, 5) is 4.01. The molecule has 98 valence electrons. The lowest BCUT2D eigenvalue weighted by atomic mass is 10.5. The van der Waals surface area contributed by atoms with Gasteiger partial charge in [0, 0.05) is 12.4 Å². The summed E-state index contributed by atoms with van der Waals surface area (Å²) in [5.41, 5.74) is 6.48. The number of pyridine rings is 1. The fourth-order valence-corrected chi connectivity index (χ4v) is 3.02. The standard InChI is InChI=1S/C10H10N6O2S/c11-9-10(16-4-2-1-3-8(16)14-9)19(17,18)15-7-5-12-13-6-7/h1-6,15H,11H2,(H,12,13). The summed E-state index contributed by atoms with van der Waals surface area (Å²) in [7, 11) is -3.83. The first-order valence-electron chi connectivity index (χ1n) is 5.32. The molecule has 0 aliphatic heterocycles. The normalized spacial score (nSPS) is 11.8. The first-order chi connectivity index (χ1) is 9.08. The average molecular weight is 278 g/mol. The molecule has 8 nitrogen and oxygen atoms in total. The van der Waals surface area contributed by atoms with Gasteiger partial charge in [-0.1, -0.05) is 6.07 Å². The number of H-pyrrole nitrogens is 1. The van der Waals surface area contributed by atoms with Crippen LogP contribution in [0, 0.1) is 0 Å². The molecule has 0 saturated heterocycles. The minimum absolute atomic E-state index is 0.0535. The van der Waals surface area contributed by atoms with E-state index in [1.165, 1.54) is 16.8 Å². The molecule has 0 aliphatic rings. The van der Waals surface area contributed by atoms with E-state index in [1.807, 2.05) is 0 Å². The molecule has 0 spiro atoms. The van der Waals surface area contributed by atoms with Crippen LogP contribution in [-0.2, 0) is 10.0 Å². The maximum Gasteiger partial charge on any atom is 0.281 e. The van der Waals surface area contributed by atoms with Gasteiger partial charge >= 0.3 is 0 Å². The molecule has 19 heavy (non-hydrogen) atoms. The SMILES string of the molecule is Nc1nc2ccccn2c1S(=O)(=O)Nc1cn[nH]c1. The van der Waals surface area contributed by atoms with Crippen molar-refractivity contribution in [2.24, 2.45) is 0 Å². The number of nitrogens with zero attached hydrogens (tertiary/aromatic N) is 3. The van der Waals surface area contributed by atoms with Crippen molar-refractivity contribution in [1.29, 1.82) is 0 Å². The molecule has 3 aromatic rings. The number of hydrogen-bond donors (Lipinski definition) is 3. The van der Waals surface area contributed by atoms with Gasteiger partial charge in [-0.25, -0.2) is 4.98 Å². The predicted octanol–water partition coefficient (Wildman–Crippen LogP) is 0.440. The number of fused-ring (bicyclic) bond motifs is 1. The third-order valence-corrected chi connectivity index (χ3v) is 3.94. The average Bonchev–Trinajstić information content (AvgIpc) is 2.94. The molecule has 0 aromatic carbocycles. The molecule has 3 rings (SSSR count). The number of hydrogen-bond acceptors (Lipinski definition) is 5. The number of nitrogens with one attached hydrogen (secondary N) is 2. The number of aromatic amines is 1. The summed E-state index contributed by atoms with van der Waals surface area (Å²) in [6.07, 6.45) is 4.37. The van der Waals surface area contributed by atoms with E-state index in [1.54, 1.807) is 24.4 Å². The highest BCUT2D eigenvalue weighted by Crippen LogP contribution is 2.22. The lowest BCUT2D eigenvalue weighted by Crippen LogP contribution is -2.16. The number of nitrogen functional groups attached to an aromatic ring is 1. The van der Waals surface area contributed by atoms with E-state index in [4.69, 9.17) is 5.73 Å². The molecule has 0 fully saturated rings. The van der Waals surface area contributed by atoms with E-state index in [9.17, 15) is 8.42 Å². The van der Waals surface area contributed by atoms with Gasteiger partial charge < -0.3 is 5.73 Å². The third-order valence-electron chi connectivity index (χ3n) is 2.52. The Bertz CT molecular complexity index is 821. The molecule has 0 radical (unpaired) electrons. The number of sulfonamides is 1. The molecular formula is C10H10N6O2S. The highest BCUT2D eigenvalue weighted by molar-refractivity contribution is 7.92. The molecule has 0 amide bonds. The van der Waals surface area contributed by atoms with Crippen LogP contribution in [0.1, 0.15) is 0 Å². The van der Waals surface area contributed by atoms with Gasteiger partial charge in [-0.15, -0.1) is 0 Å². The number of nitrogens with two attached hydrogens (primary N) is 1. The molecule has 0 atom stereocenters. The van der Waals surface area contributed by atoms with Crippen molar-refractivity contribution in [2.75, 3.05) is 10.5 Å². The summed E-state index contributed by atoms with van der Waals surface area (Å²) in [5.74, 6) is -0.0535. The van der Waals surface area contributed by atoms with Crippen molar-refractivity contribution >= 4 is 27.2 Å². The highest BCUT2D eigenvalue weighted by atomic mass is 32.2. The van der Waals surface area contributed by atoms with Crippen molar-refractivity contribution < 1.29 is 8.42 Å². The Hall–Kier alpha value is -2.55. The molecule has 0 unspecified atom stereocenters. The van der Waals surface area contributed by atoms with Crippen LogP contribution in [0.5, 0.6) is 0 Å². The van der Waals surface area contributed by atoms with E-state index in [-0.39, 0.29) is 10.8 Å². The largest absolute Gasteiger partial charge is 0.381 e. The molecule has 0 aliphatic carbocycles. The van der Waals surface area contributed by atoms with E-state index >= 15 is 0 Å². The minimum atomic E-state index is -3.83. The van der Waals surface area contributed by atoms with Crippen LogP contribution < -0.4 is 10.5 Å². The van der Waals surface area contributed by atoms with Crippen LogP contribution in [0.3, 0.4) is 0 Å². The van der Waals surface area contributed by atoms with Crippen LogP contribution >= 0.6 is 0 Å². The maximum atomic E-state index is 12.3. The van der Waals surface area contributed by atoms with Gasteiger partial charge in [0.1, 0.15) is 5.65 Å². The number of imidazole rings is 1. The Morgan fingerprint density at radius 1 is 1.37 bits per heavy atom. The summed E-state index contributed by atoms with van der Waals surface area (Å²) < 4.78 is 28.4. The van der Waals surface area contributed by atoms with Crippen LogP contribution in [0.25, 0.3) is 5.65 Å². The lowest BCUT2D eigenvalue weighted by molar-refractivity contribution is 0.597. The summed E-state index contributed by atoms with van der Waals surface area (Å²) in [6.45, 7) is 0. The van der Waals surface area contributed by atoms with Gasteiger partial charge in [0.2, 0.25) is 5.03 Å². The Labute approximate surface area is 108 Å². The summed E-state index contributed by atoms with van der Waals surface area (Å²) in [5, 5.41) is 6.09. The van der Waals surface area contributed by atoms with Crippen LogP contribution in [-0.4, -0.2) is 28.0 Å². The van der Waals surface area contributed by atoms with Crippen molar-refractivity contribution in [3.8, 4) is 0 Å². The summed E-state index contributed by atoms with van der Waals surface area (Å²) in [6, 6.07) is 5.12. The lowest BCUT2D eigenvalue weighted by Gasteiger charge is -2.05. The minimum Gasteiger partial charge on any atom is -0.381 e. The van der Waals surface area contributed by atoms with Gasteiger partial charge in [-0.3, -0.25) is 14.2 Å². The smallest absolute Gasteiger partial charge is 0.281 e. The molecule has 0 saturated carbocycles. The van der Waals surface area contributed by atoms with Crippen molar-refractivity contribution in [3.63, 3.8) is 0 Å². The van der Waals surface area contributed by atoms with Crippen molar-refractivity contribution in [1.82, 2.24) is 19.6 Å². The first-order valence-corrected chi connectivity index (χ1v) is 6.80. The second-order valence-corrected chi connectivity index (χ2v) is 5.42. The van der Waals surface area contributed by atoms with Crippen molar-refractivity contribution in [3.05, 3.63) is 36.8 Å². The molecule has 9 heteroatoms. The Morgan fingerprint density at radius 2 is 2.21 bits per heavy atom.